The average molecular weight is 274 g/mol. The molecule has 0 aliphatic heterocycles. The molecule has 1 aromatic carbocycles. The number of ether oxygens (including phenoxy) is 2. The van der Waals surface area contributed by atoms with Crippen LogP contribution in [0.4, 0.5) is 0 Å². The maximum atomic E-state index is 6.02. The lowest BCUT2D eigenvalue weighted by Crippen LogP contribution is -2.13. The molecule has 0 aromatic heterocycles. The van der Waals surface area contributed by atoms with Crippen molar-refractivity contribution in [1.29, 1.82) is 0 Å². The molecule has 1 aromatic rings. The van der Waals surface area contributed by atoms with Crippen LogP contribution >= 0.6 is 23.8 Å². The van der Waals surface area contributed by atoms with E-state index in [0.717, 1.165) is 19.4 Å². The third kappa shape index (κ3) is 4.50. The highest BCUT2D eigenvalue weighted by Crippen LogP contribution is 2.26. The zero-order valence-corrected chi connectivity index (χ0v) is 11.3. The SMILES string of the molecule is COCCCCOc1cccc(Cl)c1C(N)=S. The van der Waals surface area contributed by atoms with Gasteiger partial charge < -0.3 is 15.2 Å². The van der Waals surface area contributed by atoms with Crippen molar-refractivity contribution in [3.63, 3.8) is 0 Å². The zero-order valence-electron chi connectivity index (χ0n) is 9.74. The second-order valence-electron chi connectivity index (χ2n) is 3.53. The number of methoxy groups -OCH3 is 1. The molecule has 0 saturated carbocycles. The molecular formula is C12H16ClNO2S. The van der Waals surface area contributed by atoms with Gasteiger partial charge in [0.1, 0.15) is 10.7 Å². The van der Waals surface area contributed by atoms with Crippen LogP contribution in [-0.4, -0.2) is 25.3 Å². The first kappa shape index (κ1) is 14.2. The van der Waals surface area contributed by atoms with E-state index in [-0.39, 0.29) is 4.99 Å². The number of rotatable bonds is 7. The summed E-state index contributed by atoms with van der Waals surface area (Å²) in [6.45, 7) is 1.33. The van der Waals surface area contributed by atoms with Crippen LogP contribution in [0.25, 0.3) is 0 Å². The molecule has 0 bridgehead atoms. The normalized spacial score (nSPS) is 10.2. The van der Waals surface area contributed by atoms with Crippen molar-refractivity contribution in [2.24, 2.45) is 5.73 Å². The van der Waals surface area contributed by atoms with Gasteiger partial charge in [-0.15, -0.1) is 0 Å². The van der Waals surface area contributed by atoms with Crippen LogP contribution in [0.2, 0.25) is 5.02 Å². The van der Waals surface area contributed by atoms with Crippen molar-refractivity contribution in [3.8, 4) is 5.75 Å². The van der Waals surface area contributed by atoms with Gasteiger partial charge in [0, 0.05) is 13.7 Å². The van der Waals surface area contributed by atoms with E-state index >= 15 is 0 Å². The molecule has 0 unspecified atom stereocenters. The quantitative estimate of drug-likeness (QED) is 0.613. The summed E-state index contributed by atoms with van der Waals surface area (Å²) in [7, 11) is 1.68. The fourth-order valence-electron chi connectivity index (χ4n) is 1.39. The fourth-order valence-corrected chi connectivity index (χ4v) is 1.93. The van der Waals surface area contributed by atoms with Gasteiger partial charge in [-0.1, -0.05) is 29.9 Å². The van der Waals surface area contributed by atoms with Gasteiger partial charge in [-0.2, -0.15) is 0 Å². The Balaban J connectivity index is 2.58. The lowest BCUT2D eigenvalue weighted by molar-refractivity contribution is 0.184. The summed E-state index contributed by atoms with van der Waals surface area (Å²) in [4.78, 5) is 0.252. The summed E-state index contributed by atoms with van der Waals surface area (Å²) < 4.78 is 10.6. The molecule has 0 aliphatic rings. The monoisotopic (exact) mass is 273 g/mol. The number of thiocarbonyl (C=S) groups is 1. The number of hydrogen-bond acceptors (Lipinski definition) is 3. The predicted molar refractivity (Wildman–Crippen MR) is 73.9 cm³/mol. The Morgan fingerprint density at radius 1 is 1.35 bits per heavy atom. The molecule has 94 valence electrons. The highest BCUT2D eigenvalue weighted by atomic mass is 35.5. The standard InChI is InChI=1S/C12H16ClNO2S/c1-15-7-2-3-8-16-10-6-4-5-9(13)11(10)12(14)17/h4-6H,2-3,7-8H2,1H3,(H2,14,17). The van der Waals surface area contributed by atoms with Crippen molar-refractivity contribution in [1.82, 2.24) is 0 Å². The molecule has 0 amide bonds. The molecule has 2 N–H and O–H groups in total. The number of hydrogen-bond donors (Lipinski definition) is 1. The zero-order chi connectivity index (χ0) is 12.7. The molecular weight excluding hydrogens is 258 g/mol. The summed E-state index contributed by atoms with van der Waals surface area (Å²) in [5.74, 6) is 0.641. The Morgan fingerprint density at radius 3 is 2.71 bits per heavy atom. The van der Waals surface area contributed by atoms with Crippen LogP contribution in [0.3, 0.4) is 0 Å². The van der Waals surface area contributed by atoms with E-state index in [2.05, 4.69) is 0 Å². The van der Waals surface area contributed by atoms with E-state index in [0.29, 0.717) is 22.9 Å². The summed E-state index contributed by atoms with van der Waals surface area (Å²) in [6.07, 6.45) is 1.87. The van der Waals surface area contributed by atoms with E-state index in [1.165, 1.54) is 0 Å². The summed E-state index contributed by atoms with van der Waals surface area (Å²) in [5.41, 5.74) is 6.22. The van der Waals surface area contributed by atoms with Gasteiger partial charge >= 0.3 is 0 Å². The van der Waals surface area contributed by atoms with Crippen molar-refractivity contribution in [2.75, 3.05) is 20.3 Å². The molecule has 3 nitrogen and oxygen atoms in total. The van der Waals surface area contributed by atoms with Crippen molar-refractivity contribution in [3.05, 3.63) is 28.8 Å². The smallest absolute Gasteiger partial charge is 0.130 e. The first-order valence-electron chi connectivity index (χ1n) is 5.37. The maximum Gasteiger partial charge on any atom is 0.130 e. The number of nitrogens with two attached hydrogens (primary N) is 1. The molecule has 0 spiro atoms. The van der Waals surface area contributed by atoms with Gasteiger partial charge in [-0.3, -0.25) is 0 Å². The Bertz CT molecular complexity index is 385. The third-order valence-electron chi connectivity index (χ3n) is 2.22. The minimum Gasteiger partial charge on any atom is -0.493 e. The summed E-state index contributed by atoms with van der Waals surface area (Å²) in [5, 5.41) is 0.520. The van der Waals surface area contributed by atoms with Gasteiger partial charge in [0.25, 0.3) is 0 Å². The lowest BCUT2D eigenvalue weighted by Gasteiger charge is -2.11. The van der Waals surface area contributed by atoms with Crippen LogP contribution < -0.4 is 10.5 Å². The molecule has 1 rings (SSSR count). The Labute approximate surface area is 112 Å². The van der Waals surface area contributed by atoms with Crippen molar-refractivity contribution >= 4 is 28.8 Å². The van der Waals surface area contributed by atoms with Crippen LogP contribution in [0.1, 0.15) is 18.4 Å². The van der Waals surface area contributed by atoms with Gasteiger partial charge in [0.2, 0.25) is 0 Å². The lowest BCUT2D eigenvalue weighted by atomic mass is 10.2. The molecule has 5 heteroatoms. The van der Waals surface area contributed by atoms with Gasteiger partial charge in [-0.05, 0) is 25.0 Å². The first-order chi connectivity index (χ1) is 8.16. The van der Waals surface area contributed by atoms with Crippen LogP contribution in [-0.2, 0) is 4.74 Å². The van der Waals surface area contributed by atoms with E-state index in [1.807, 2.05) is 12.1 Å². The minimum atomic E-state index is 0.252. The van der Waals surface area contributed by atoms with Gasteiger partial charge in [0.15, 0.2) is 0 Å². The molecule has 0 fully saturated rings. The average Bonchev–Trinajstić information content (AvgIpc) is 2.28. The Morgan fingerprint density at radius 2 is 2.06 bits per heavy atom. The number of unbranched alkanes of at least 4 members (excludes halogenated alkanes) is 1. The van der Waals surface area contributed by atoms with Gasteiger partial charge in [-0.25, -0.2) is 0 Å². The molecule has 0 atom stereocenters. The predicted octanol–water partition coefficient (Wildman–Crippen LogP) is 2.78. The van der Waals surface area contributed by atoms with Crippen LogP contribution in [0.5, 0.6) is 5.75 Å². The topological polar surface area (TPSA) is 44.5 Å². The Hall–Kier alpha value is -0.840. The Kier molecular flexibility index (Phi) is 6.26. The minimum absolute atomic E-state index is 0.252. The molecule has 0 saturated heterocycles. The highest BCUT2D eigenvalue weighted by Gasteiger charge is 2.10. The third-order valence-corrected chi connectivity index (χ3v) is 2.74. The van der Waals surface area contributed by atoms with Crippen LogP contribution in [0, 0.1) is 0 Å². The summed E-state index contributed by atoms with van der Waals surface area (Å²) >= 11 is 11.0. The van der Waals surface area contributed by atoms with Crippen LogP contribution in [0.15, 0.2) is 18.2 Å². The van der Waals surface area contributed by atoms with Crippen molar-refractivity contribution < 1.29 is 9.47 Å². The molecule has 0 radical (unpaired) electrons. The number of benzene rings is 1. The molecule has 17 heavy (non-hydrogen) atoms. The van der Waals surface area contributed by atoms with E-state index in [9.17, 15) is 0 Å². The first-order valence-corrected chi connectivity index (χ1v) is 6.15. The second kappa shape index (κ2) is 7.48. The number of halogens is 1. The fraction of sp³-hybridized carbons (Fsp3) is 0.417. The van der Waals surface area contributed by atoms with E-state index in [4.69, 9.17) is 39.0 Å². The maximum absolute atomic E-state index is 6.02. The largest absolute Gasteiger partial charge is 0.493 e. The molecule has 0 aliphatic carbocycles. The van der Waals surface area contributed by atoms with E-state index < -0.39 is 0 Å². The second-order valence-corrected chi connectivity index (χ2v) is 4.37. The van der Waals surface area contributed by atoms with E-state index in [1.54, 1.807) is 13.2 Å². The van der Waals surface area contributed by atoms with Gasteiger partial charge in [0.05, 0.1) is 17.2 Å². The summed E-state index contributed by atoms with van der Waals surface area (Å²) in [6, 6.07) is 5.37. The highest BCUT2D eigenvalue weighted by molar-refractivity contribution is 7.80. The molecule has 0 heterocycles. The van der Waals surface area contributed by atoms with Crippen molar-refractivity contribution in [2.45, 2.75) is 12.8 Å².